The Kier molecular flexibility index (Phi) is 7.39. The predicted molar refractivity (Wildman–Crippen MR) is 83.2 cm³/mol. The molecule has 1 atom stereocenters. The average molecular weight is 296 g/mol. The minimum Gasteiger partial charge on any atom is -0.468 e. The van der Waals surface area contributed by atoms with Gasteiger partial charge in [-0.25, -0.2) is 9.78 Å². The molecule has 0 aliphatic carbocycles. The lowest BCUT2D eigenvalue weighted by atomic mass is 10.2. The third-order valence-electron chi connectivity index (χ3n) is 3.66. The maximum absolute atomic E-state index is 12.1. The maximum Gasteiger partial charge on any atom is 0.329 e. The molecule has 1 rings (SSSR count). The normalized spacial score (nSPS) is 12.9. The number of hydrogen-bond donors (Lipinski definition) is 1. The van der Waals surface area contributed by atoms with Gasteiger partial charge in [0.1, 0.15) is 6.04 Å². The van der Waals surface area contributed by atoms with E-state index in [9.17, 15) is 4.79 Å². The van der Waals surface area contributed by atoms with Crippen molar-refractivity contribution in [2.75, 3.05) is 33.3 Å². The number of hydrogen-bond acceptors (Lipinski definition) is 5. The number of aromatic nitrogens is 2. The van der Waals surface area contributed by atoms with Gasteiger partial charge >= 0.3 is 5.97 Å². The monoisotopic (exact) mass is 296 g/mol. The number of imidazole rings is 1. The van der Waals surface area contributed by atoms with Gasteiger partial charge in [-0.15, -0.1) is 0 Å². The van der Waals surface area contributed by atoms with Gasteiger partial charge in [0, 0.05) is 19.1 Å². The van der Waals surface area contributed by atoms with E-state index in [0.29, 0.717) is 0 Å². The summed E-state index contributed by atoms with van der Waals surface area (Å²) in [7, 11) is 1.41. The van der Waals surface area contributed by atoms with Crippen molar-refractivity contribution in [2.24, 2.45) is 0 Å². The highest BCUT2D eigenvalue weighted by molar-refractivity contribution is 5.76. The topological polar surface area (TPSA) is 59.4 Å². The number of rotatable bonds is 9. The predicted octanol–water partition coefficient (Wildman–Crippen LogP) is 1.61. The van der Waals surface area contributed by atoms with Crippen LogP contribution in [0, 0.1) is 0 Å². The molecule has 6 nitrogen and oxygen atoms in total. The second kappa shape index (κ2) is 8.79. The summed E-state index contributed by atoms with van der Waals surface area (Å²) in [4.78, 5) is 18.5. The third-order valence-corrected chi connectivity index (χ3v) is 3.66. The van der Waals surface area contributed by atoms with Crippen LogP contribution in [0.15, 0.2) is 12.5 Å². The molecule has 6 heteroatoms. The van der Waals surface area contributed by atoms with Crippen LogP contribution in [0.25, 0.3) is 0 Å². The van der Waals surface area contributed by atoms with E-state index in [2.05, 4.69) is 42.9 Å². The molecule has 0 aromatic carbocycles. The van der Waals surface area contributed by atoms with Crippen LogP contribution in [0.1, 0.15) is 45.5 Å². The van der Waals surface area contributed by atoms with Crippen LogP contribution in [0.5, 0.6) is 0 Å². The molecule has 0 amide bonds. The number of carbonyl (C=O) groups is 1. The van der Waals surface area contributed by atoms with Crippen LogP contribution < -0.4 is 5.32 Å². The van der Waals surface area contributed by atoms with Crippen LogP contribution in [0.2, 0.25) is 0 Å². The Balaban J connectivity index is 2.77. The summed E-state index contributed by atoms with van der Waals surface area (Å²) < 4.78 is 6.92. The molecule has 120 valence electrons. The fourth-order valence-corrected chi connectivity index (χ4v) is 2.30. The van der Waals surface area contributed by atoms with Gasteiger partial charge in [0.05, 0.1) is 25.3 Å². The molecule has 0 aliphatic rings. The first-order chi connectivity index (χ1) is 10.0. The standard InChI is InChI=1S/C15H28N4O2/c1-6-18(7-2)9-8-17-14(15(20)21-5)13-10-16-11-19(13)12(3)4/h10-12,14,17H,6-9H2,1-5H3. The largest absolute Gasteiger partial charge is 0.468 e. The van der Waals surface area contributed by atoms with Crippen molar-refractivity contribution in [3.63, 3.8) is 0 Å². The minimum absolute atomic E-state index is 0.249. The number of likely N-dealkylation sites (N-methyl/N-ethyl adjacent to an activating group) is 1. The van der Waals surface area contributed by atoms with Crippen LogP contribution in [0.3, 0.4) is 0 Å². The molecule has 1 heterocycles. The van der Waals surface area contributed by atoms with Crippen molar-refractivity contribution in [3.05, 3.63) is 18.2 Å². The molecule has 0 saturated carbocycles. The van der Waals surface area contributed by atoms with Crippen LogP contribution in [0.4, 0.5) is 0 Å². The second-order valence-corrected chi connectivity index (χ2v) is 5.26. The number of esters is 1. The molecule has 1 aromatic heterocycles. The summed E-state index contributed by atoms with van der Waals surface area (Å²) in [6, 6.07) is -0.227. The highest BCUT2D eigenvalue weighted by Crippen LogP contribution is 2.18. The number of carbonyl (C=O) groups excluding carboxylic acids is 1. The zero-order valence-corrected chi connectivity index (χ0v) is 13.8. The van der Waals surface area contributed by atoms with Crippen molar-refractivity contribution in [3.8, 4) is 0 Å². The van der Waals surface area contributed by atoms with E-state index in [1.54, 1.807) is 12.5 Å². The van der Waals surface area contributed by atoms with E-state index in [0.717, 1.165) is 31.9 Å². The number of ether oxygens (including phenoxy) is 1. The van der Waals surface area contributed by atoms with Gasteiger partial charge in [0.2, 0.25) is 0 Å². The van der Waals surface area contributed by atoms with Gasteiger partial charge < -0.3 is 14.2 Å². The molecule has 1 aromatic rings. The molecule has 0 spiro atoms. The fourth-order valence-electron chi connectivity index (χ4n) is 2.30. The van der Waals surface area contributed by atoms with Gasteiger partial charge in [-0.1, -0.05) is 13.8 Å². The van der Waals surface area contributed by atoms with Crippen LogP contribution in [-0.4, -0.2) is 53.7 Å². The number of methoxy groups -OCH3 is 1. The van der Waals surface area contributed by atoms with Crippen molar-refractivity contribution in [1.82, 2.24) is 19.8 Å². The summed E-state index contributed by atoms with van der Waals surface area (Å²) >= 11 is 0. The Hall–Kier alpha value is -1.40. The van der Waals surface area contributed by atoms with Crippen LogP contribution >= 0.6 is 0 Å². The molecule has 0 fully saturated rings. The SMILES string of the molecule is CCN(CC)CCNC(C(=O)OC)c1cncn1C(C)C. The number of nitrogens with zero attached hydrogens (tertiary/aromatic N) is 3. The maximum atomic E-state index is 12.1. The van der Waals surface area contributed by atoms with Crippen LogP contribution in [-0.2, 0) is 9.53 Å². The molecule has 0 radical (unpaired) electrons. The van der Waals surface area contributed by atoms with Gasteiger partial charge in [0.25, 0.3) is 0 Å². The first-order valence-corrected chi connectivity index (χ1v) is 7.60. The smallest absolute Gasteiger partial charge is 0.329 e. The molecule has 21 heavy (non-hydrogen) atoms. The Morgan fingerprint density at radius 3 is 2.62 bits per heavy atom. The quantitative estimate of drug-likeness (QED) is 0.702. The lowest BCUT2D eigenvalue weighted by molar-refractivity contribution is -0.143. The highest BCUT2D eigenvalue weighted by Gasteiger charge is 2.25. The lowest BCUT2D eigenvalue weighted by Crippen LogP contribution is -2.37. The van der Waals surface area contributed by atoms with E-state index in [-0.39, 0.29) is 12.0 Å². The number of nitrogens with one attached hydrogen (secondary N) is 1. The highest BCUT2D eigenvalue weighted by atomic mass is 16.5. The fraction of sp³-hybridized carbons (Fsp3) is 0.733. The van der Waals surface area contributed by atoms with E-state index in [4.69, 9.17) is 4.74 Å². The Labute approximate surface area is 127 Å². The van der Waals surface area contributed by atoms with Gasteiger partial charge in [-0.2, -0.15) is 0 Å². The van der Waals surface area contributed by atoms with Gasteiger partial charge in [0.15, 0.2) is 0 Å². The van der Waals surface area contributed by atoms with Gasteiger partial charge in [-0.3, -0.25) is 5.32 Å². The first-order valence-electron chi connectivity index (χ1n) is 7.60. The Bertz CT molecular complexity index is 427. The average Bonchev–Trinajstić information content (AvgIpc) is 2.96. The van der Waals surface area contributed by atoms with Crippen molar-refractivity contribution in [2.45, 2.75) is 39.8 Å². The van der Waals surface area contributed by atoms with Crippen molar-refractivity contribution >= 4 is 5.97 Å². The summed E-state index contributed by atoms with van der Waals surface area (Å²) in [5.74, 6) is -0.281. The molecular weight excluding hydrogens is 268 g/mol. The van der Waals surface area contributed by atoms with E-state index in [1.165, 1.54) is 7.11 Å². The van der Waals surface area contributed by atoms with Gasteiger partial charge in [-0.05, 0) is 26.9 Å². The third kappa shape index (κ3) is 4.82. The first kappa shape index (κ1) is 17.7. The molecule has 0 aliphatic heterocycles. The lowest BCUT2D eigenvalue weighted by Gasteiger charge is -2.22. The zero-order valence-electron chi connectivity index (χ0n) is 13.8. The Morgan fingerprint density at radius 1 is 1.43 bits per heavy atom. The molecule has 0 bridgehead atoms. The molecule has 1 unspecified atom stereocenters. The minimum atomic E-state index is -0.476. The van der Waals surface area contributed by atoms with Crippen molar-refractivity contribution in [1.29, 1.82) is 0 Å². The molecule has 0 saturated heterocycles. The van der Waals surface area contributed by atoms with E-state index in [1.807, 2.05) is 4.57 Å². The summed E-state index contributed by atoms with van der Waals surface area (Å²) in [6.07, 6.45) is 3.48. The molecular formula is C15H28N4O2. The van der Waals surface area contributed by atoms with E-state index < -0.39 is 6.04 Å². The Morgan fingerprint density at radius 2 is 2.10 bits per heavy atom. The second-order valence-electron chi connectivity index (χ2n) is 5.26. The zero-order chi connectivity index (χ0) is 15.8. The summed E-state index contributed by atoms with van der Waals surface area (Å²) in [5, 5.41) is 3.29. The summed E-state index contributed by atoms with van der Waals surface area (Å²) in [5.41, 5.74) is 0.844. The molecule has 1 N–H and O–H groups in total. The van der Waals surface area contributed by atoms with Crippen molar-refractivity contribution < 1.29 is 9.53 Å². The summed E-state index contributed by atoms with van der Waals surface area (Å²) in [6.45, 7) is 12.0. The van der Waals surface area contributed by atoms with E-state index >= 15 is 0 Å².